The Labute approximate surface area is 113 Å². The number of hydrogen-bond donors (Lipinski definition) is 1. The van der Waals surface area contributed by atoms with Gasteiger partial charge in [0.2, 0.25) is 0 Å². The summed E-state index contributed by atoms with van der Waals surface area (Å²) in [5.41, 5.74) is 9.41. The largest absolute Gasteiger partial charge is 0.330 e. The molecule has 0 fully saturated rings. The Morgan fingerprint density at radius 1 is 1.28 bits per heavy atom. The maximum Gasteiger partial charge on any atom is 0.0978 e. The van der Waals surface area contributed by atoms with Crippen molar-refractivity contribution >= 4 is 11.3 Å². The second kappa shape index (κ2) is 5.63. The van der Waals surface area contributed by atoms with Crippen LogP contribution in [-0.4, -0.2) is 11.5 Å². The molecule has 1 aromatic carbocycles. The first-order chi connectivity index (χ1) is 8.63. The van der Waals surface area contributed by atoms with Gasteiger partial charge in [0.25, 0.3) is 0 Å². The van der Waals surface area contributed by atoms with Crippen LogP contribution in [0, 0.1) is 12.8 Å². The van der Waals surface area contributed by atoms with Crippen molar-refractivity contribution in [3.63, 3.8) is 0 Å². The number of rotatable bonds is 4. The summed E-state index contributed by atoms with van der Waals surface area (Å²) in [4.78, 5) is 4.77. The average Bonchev–Trinajstić information content (AvgIpc) is 2.79. The van der Waals surface area contributed by atoms with E-state index in [1.807, 2.05) is 0 Å². The van der Waals surface area contributed by atoms with E-state index in [9.17, 15) is 0 Å². The predicted octanol–water partition coefficient (Wildman–Crippen LogP) is 3.82. The minimum atomic E-state index is 0.368. The van der Waals surface area contributed by atoms with Gasteiger partial charge in [0.15, 0.2) is 0 Å². The lowest BCUT2D eigenvalue weighted by atomic mass is 9.97. The number of thiazole rings is 1. The van der Waals surface area contributed by atoms with E-state index >= 15 is 0 Å². The van der Waals surface area contributed by atoms with Crippen LogP contribution in [0.5, 0.6) is 0 Å². The van der Waals surface area contributed by atoms with E-state index in [2.05, 4.69) is 50.4 Å². The molecule has 0 amide bonds. The normalized spacial score (nSPS) is 12.9. The van der Waals surface area contributed by atoms with Crippen LogP contribution >= 0.6 is 11.3 Å². The van der Waals surface area contributed by atoms with E-state index < -0.39 is 0 Å². The number of nitrogens with zero attached hydrogens (tertiary/aromatic N) is 1. The van der Waals surface area contributed by atoms with E-state index in [4.69, 9.17) is 10.7 Å². The van der Waals surface area contributed by atoms with Crippen molar-refractivity contribution in [2.75, 3.05) is 6.54 Å². The molecule has 0 saturated heterocycles. The monoisotopic (exact) mass is 260 g/mol. The maximum absolute atomic E-state index is 5.85. The zero-order valence-corrected chi connectivity index (χ0v) is 12.0. The molecule has 2 N–H and O–H groups in total. The maximum atomic E-state index is 5.85. The fourth-order valence-electron chi connectivity index (χ4n) is 2.10. The Hall–Kier alpha value is -1.19. The smallest absolute Gasteiger partial charge is 0.0978 e. The third-order valence-electron chi connectivity index (χ3n) is 3.32. The van der Waals surface area contributed by atoms with Gasteiger partial charge in [-0.15, -0.1) is 11.3 Å². The van der Waals surface area contributed by atoms with Gasteiger partial charge in [-0.25, -0.2) is 4.98 Å². The van der Waals surface area contributed by atoms with Crippen molar-refractivity contribution in [1.29, 1.82) is 0 Å². The highest BCUT2D eigenvalue weighted by Gasteiger charge is 2.18. The molecule has 2 rings (SSSR count). The van der Waals surface area contributed by atoms with Crippen LogP contribution in [0.25, 0.3) is 11.3 Å². The van der Waals surface area contributed by atoms with Gasteiger partial charge in [-0.05, 0) is 18.4 Å². The first-order valence-electron chi connectivity index (χ1n) is 6.35. The molecule has 3 heteroatoms. The summed E-state index contributed by atoms with van der Waals surface area (Å²) >= 11 is 1.72. The Balaban J connectivity index is 2.34. The van der Waals surface area contributed by atoms with Crippen LogP contribution in [0.2, 0.25) is 0 Å². The fourth-order valence-corrected chi connectivity index (χ4v) is 3.21. The summed E-state index contributed by atoms with van der Waals surface area (Å²) in [5, 5.41) is 3.30. The van der Waals surface area contributed by atoms with E-state index in [0.717, 1.165) is 10.7 Å². The van der Waals surface area contributed by atoms with Gasteiger partial charge >= 0.3 is 0 Å². The Kier molecular flexibility index (Phi) is 4.15. The number of aryl methyl sites for hydroxylation is 1. The Morgan fingerprint density at radius 3 is 2.61 bits per heavy atom. The molecule has 1 unspecified atom stereocenters. The Morgan fingerprint density at radius 2 is 2.00 bits per heavy atom. The van der Waals surface area contributed by atoms with Crippen LogP contribution in [0.1, 0.15) is 30.3 Å². The molecule has 1 atom stereocenters. The van der Waals surface area contributed by atoms with Crippen molar-refractivity contribution in [2.24, 2.45) is 11.7 Å². The summed E-state index contributed by atoms with van der Waals surface area (Å²) in [6.45, 7) is 7.19. The molecule has 0 aliphatic carbocycles. The van der Waals surface area contributed by atoms with Gasteiger partial charge in [-0.2, -0.15) is 0 Å². The van der Waals surface area contributed by atoms with E-state index in [0.29, 0.717) is 18.4 Å². The molecule has 0 aliphatic heterocycles. The zero-order chi connectivity index (χ0) is 13.1. The third-order valence-corrected chi connectivity index (χ3v) is 4.30. The van der Waals surface area contributed by atoms with Crippen LogP contribution in [0.15, 0.2) is 29.6 Å². The number of aromatic nitrogens is 1. The van der Waals surface area contributed by atoms with Crippen molar-refractivity contribution in [3.8, 4) is 11.3 Å². The Bertz CT molecular complexity index is 517. The lowest BCUT2D eigenvalue weighted by Crippen LogP contribution is -2.17. The quantitative estimate of drug-likeness (QED) is 0.907. The highest BCUT2D eigenvalue weighted by molar-refractivity contribution is 7.10. The zero-order valence-electron chi connectivity index (χ0n) is 11.2. The molecule has 96 valence electrons. The van der Waals surface area contributed by atoms with Crippen molar-refractivity contribution in [3.05, 3.63) is 40.2 Å². The number of benzene rings is 1. The molecule has 2 nitrogen and oxygen atoms in total. The second-order valence-electron chi connectivity index (χ2n) is 4.97. The molecule has 0 radical (unpaired) electrons. The van der Waals surface area contributed by atoms with E-state index in [-0.39, 0.29) is 0 Å². The van der Waals surface area contributed by atoms with Crippen LogP contribution in [0.3, 0.4) is 0 Å². The van der Waals surface area contributed by atoms with Gasteiger partial charge in [0.1, 0.15) is 0 Å². The SMILES string of the molecule is Cc1ccccc1-c1csc(C(CN)C(C)C)n1. The second-order valence-corrected chi connectivity index (χ2v) is 5.86. The predicted molar refractivity (Wildman–Crippen MR) is 78.9 cm³/mol. The van der Waals surface area contributed by atoms with E-state index in [1.54, 1.807) is 11.3 Å². The third kappa shape index (κ3) is 2.62. The number of hydrogen-bond acceptors (Lipinski definition) is 3. The lowest BCUT2D eigenvalue weighted by molar-refractivity contribution is 0.504. The minimum Gasteiger partial charge on any atom is -0.330 e. The first-order valence-corrected chi connectivity index (χ1v) is 7.23. The molecular weight excluding hydrogens is 240 g/mol. The van der Waals surface area contributed by atoms with Crippen molar-refractivity contribution in [1.82, 2.24) is 4.98 Å². The van der Waals surface area contributed by atoms with Crippen molar-refractivity contribution in [2.45, 2.75) is 26.7 Å². The standard InChI is InChI=1S/C15H20N2S/c1-10(2)13(8-16)15-17-14(9-18-15)12-7-5-4-6-11(12)3/h4-7,9-10,13H,8,16H2,1-3H3. The summed E-state index contributed by atoms with van der Waals surface area (Å²) in [5.74, 6) is 0.902. The van der Waals surface area contributed by atoms with Gasteiger partial charge in [-0.3, -0.25) is 0 Å². The molecule has 1 heterocycles. The fraction of sp³-hybridized carbons (Fsp3) is 0.400. The molecular formula is C15H20N2S. The van der Waals surface area contributed by atoms with Gasteiger partial charge < -0.3 is 5.73 Å². The number of nitrogens with two attached hydrogens (primary N) is 1. The molecule has 1 aromatic heterocycles. The highest BCUT2D eigenvalue weighted by Crippen LogP contribution is 2.31. The van der Waals surface area contributed by atoms with Gasteiger partial charge in [0, 0.05) is 23.4 Å². The molecule has 0 aliphatic rings. The first kappa shape index (κ1) is 13.2. The summed E-state index contributed by atoms with van der Waals surface area (Å²) in [7, 11) is 0. The molecule has 0 spiro atoms. The van der Waals surface area contributed by atoms with Crippen LogP contribution < -0.4 is 5.73 Å². The summed E-state index contributed by atoms with van der Waals surface area (Å²) < 4.78 is 0. The molecule has 0 bridgehead atoms. The van der Waals surface area contributed by atoms with Gasteiger partial charge in [-0.1, -0.05) is 38.1 Å². The molecule has 0 saturated carbocycles. The topological polar surface area (TPSA) is 38.9 Å². The minimum absolute atomic E-state index is 0.368. The summed E-state index contributed by atoms with van der Waals surface area (Å²) in [6, 6.07) is 8.37. The lowest BCUT2D eigenvalue weighted by Gasteiger charge is -2.15. The van der Waals surface area contributed by atoms with Crippen LogP contribution in [0.4, 0.5) is 0 Å². The molecule has 2 aromatic rings. The van der Waals surface area contributed by atoms with Crippen LogP contribution in [-0.2, 0) is 0 Å². The van der Waals surface area contributed by atoms with Gasteiger partial charge in [0.05, 0.1) is 10.7 Å². The van der Waals surface area contributed by atoms with Crippen molar-refractivity contribution < 1.29 is 0 Å². The average molecular weight is 260 g/mol. The molecule has 18 heavy (non-hydrogen) atoms. The summed E-state index contributed by atoms with van der Waals surface area (Å²) in [6.07, 6.45) is 0. The highest BCUT2D eigenvalue weighted by atomic mass is 32.1. The van der Waals surface area contributed by atoms with E-state index in [1.165, 1.54) is 11.1 Å².